The molecule has 5 rings (SSSR count). The highest BCUT2D eigenvalue weighted by Crippen LogP contribution is 2.40. The number of pyridine rings is 1. The molecule has 0 atom stereocenters. The molecule has 2 heterocycles. The van der Waals surface area contributed by atoms with E-state index < -0.39 is 10.0 Å². The average Bonchev–Trinajstić information content (AvgIpc) is 3.24. The molecule has 9 heteroatoms. The highest BCUT2D eigenvalue weighted by molar-refractivity contribution is 7.92. The molecule has 1 aromatic carbocycles. The Balaban J connectivity index is 1.58. The van der Waals surface area contributed by atoms with Crippen molar-refractivity contribution in [1.82, 2.24) is 9.55 Å². The van der Waals surface area contributed by atoms with Gasteiger partial charge in [-0.05, 0) is 61.9 Å². The first-order chi connectivity index (χ1) is 15.5. The molecule has 1 N–H and O–H groups in total. The van der Waals surface area contributed by atoms with Gasteiger partial charge in [-0.3, -0.25) is 9.36 Å². The minimum Gasteiger partial charge on any atom is -0.495 e. The monoisotopic (exact) mass is 453 g/mol. The van der Waals surface area contributed by atoms with Gasteiger partial charge in [0.1, 0.15) is 12.0 Å². The quantitative estimate of drug-likeness (QED) is 0.602. The van der Waals surface area contributed by atoms with Crippen LogP contribution in [0.25, 0.3) is 16.6 Å². The Bertz CT molecular complexity index is 1400. The largest absolute Gasteiger partial charge is 0.495 e. The Morgan fingerprint density at radius 3 is 2.72 bits per heavy atom. The van der Waals surface area contributed by atoms with Gasteiger partial charge in [-0.25, -0.2) is 18.1 Å². The van der Waals surface area contributed by atoms with Gasteiger partial charge in [-0.1, -0.05) is 12.0 Å². The molecule has 0 spiro atoms. The van der Waals surface area contributed by atoms with Crippen molar-refractivity contribution in [2.75, 3.05) is 11.8 Å². The van der Waals surface area contributed by atoms with Crippen LogP contribution in [-0.2, 0) is 14.8 Å². The number of oxazole rings is 1. The molecule has 0 saturated heterocycles. The predicted molar refractivity (Wildman–Crippen MR) is 120 cm³/mol. The van der Waals surface area contributed by atoms with Crippen LogP contribution in [0.4, 0.5) is 6.01 Å². The SMILES string of the molecule is COC1=C(n2c(=O)ccc3cc(S(=O)(=O)Nc4ncco4)ccc32)CCC(C2CCC2)=C1. The second-order valence-electron chi connectivity index (χ2n) is 8.03. The lowest BCUT2D eigenvalue weighted by atomic mass is 9.76. The molecule has 1 saturated carbocycles. The van der Waals surface area contributed by atoms with Gasteiger partial charge < -0.3 is 9.15 Å². The summed E-state index contributed by atoms with van der Waals surface area (Å²) in [5, 5.41) is 0.622. The molecular weight excluding hydrogens is 430 g/mol. The van der Waals surface area contributed by atoms with Crippen molar-refractivity contribution >= 4 is 32.6 Å². The van der Waals surface area contributed by atoms with Gasteiger partial charge in [0.15, 0.2) is 0 Å². The molecule has 2 aliphatic rings. The Kier molecular flexibility index (Phi) is 5.13. The Hall–Kier alpha value is -3.33. The van der Waals surface area contributed by atoms with Crippen LogP contribution in [0.3, 0.4) is 0 Å². The van der Waals surface area contributed by atoms with Crippen molar-refractivity contribution in [3.63, 3.8) is 0 Å². The van der Waals surface area contributed by atoms with Gasteiger partial charge in [0.05, 0.1) is 29.4 Å². The minimum atomic E-state index is -3.89. The number of fused-ring (bicyclic) bond motifs is 1. The number of ether oxygens (including phenoxy) is 1. The van der Waals surface area contributed by atoms with E-state index in [0.29, 0.717) is 29.0 Å². The summed E-state index contributed by atoms with van der Waals surface area (Å²) in [5.41, 5.74) is 2.62. The van der Waals surface area contributed by atoms with Crippen LogP contribution >= 0.6 is 0 Å². The van der Waals surface area contributed by atoms with Gasteiger partial charge in [-0.15, -0.1) is 0 Å². The summed E-state index contributed by atoms with van der Waals surface area (Å²) in [5.74, 6) is 1.31. The first-order valence-corrected chi connectivity index (χ1v) is 12.0. The molecule has 1 fully saturated rings. The second kappa shape index (κ2) is 7.98. The molecule has 3 aromatic rings. The number of hydrogen-bond donors (Lipinski definition) is 1. The number of nitrogens with one attached hydrogen (secondary N) is 1. The summed E-state index contributed by atoms with van der Waals surface area (Å²) in [6.07, 6.45) is 9.99. The molecule has 0 unspecified atom stereocenters. The number of allylic oxidation sites excluding steroid dienone is 3. The number of sulfonamides is 1. The predicted octanol–water partition coefficient (Wildman–Crippen LogP) is 4.13. The van der Waals surface area contributed by atoms with E-state index in [0.717, 1.165) is 12.1 Å². The summed E-state index contributed by atoms with van der Waals surface area (Å²) in [6, 6.07) is 7.61. The average molecular weight is 454 g/mol. The zero-order chi connectivity index (χ0) is 22.3. The highest BCUT2D eigenvalue weighted by Gasteiger charge is 2.27. The van der Waals surface area contributed by atoms with Crippen LogP contribution < -0.4 is 10.3 Å². The van der Waals surface area contributed by atoms with Crippen LogP contribution in [0.15, 0.2) is 74.3 Å². The van der Waals surface area contributed by atoms with Gasteiger partial charge in [0.25, 0.3) is 15.6 Å². The molecule has 8 nitrogen and oxygen atoms in total. The van der Waals surface area contributed by atoms with Crippen molar-refractivity contribution in [1.29, 1.82) is 0 Å². The number of anilines is 1. The summed E-state index contributed by atoms with van der Waals surface area (Å²) in [6.45, 7) is 0. The van der Waals surface area contributed by atoms with Crippen molar-refractivity contribution in [3.8, 4) is 0 Å². The van der Waals surface area contributed by atoms with E-state index in [2.05, 4.69) is 15.8 Å². The van der Waals surface area contributed by atoms with E-state index in [4.69, 9.17) is 9.15 Å². The fourth-order valence-corrected chi connectivity index (χ4v) is 5.30. The number of methoxy groups -OCH3 is 1. The number of nitrogens with zero attached hydrogens (tertiary/aromatic N) is 2. The topological polar surface area (TPSA) is 103 Å². The van der Waals surface area contributed by atoms with E-state index in [1.165, 1.54) is 55.5 Å². The Morgan fingerprint density at radius 1 is 1.19 bits per heavy atom. The molecule has 32 heavy (non-hydrogen) atoms. The molecule has 0 bridgehead atoms. The van der Waals surface area contributed by atoms with E-state index in [-0.39, 0.29) is 16.5 Å². The standard InChI is InChI=1S/C23H23N3O5S/c1-30-21-14-16(15-3-2-4-15)5-8-20(21)26-19-9-7-18(13-17(19)6-10-22(26)27)32(28,29)25-23-24-11-12-31-23/h6-7,9-15H,2-5,8H2,1H3,(H,24,25). The first-order valence-electron chi connectivity index (χ1n) is 10.5. The zero-order valence-corrected chi connectivity index (χ0v) is 18.4. The Morgan fingerprint density at radius 2 is 2.03 bits per heavy atom. The summed E-state index contributed by atoms with van der Waals surface area (Å²) in [7, 11) is -2.28. The third-order valence-corrected chi connectivity index (χ3v) is 7.52. The number of hydrogen-bond acceptors (Lipinski definition) is 6. The maximum atomic E-state index is 12.9. The molecule has 0 amide bonds. The maximum absolute atomic E-state index is 12.9. The fraction of sp³-hybridized carbons (Fsp3) is 0.304. The van der Waals surface area contributed by atoms with Crippen molar-refractivity contribution < 1.29 is 17.6 Å². The maximum Gasteiger partial charge on any atom is 0.308 e. The lowest BCUT2D eigenvalue weighted by Crippen LogP contribution is -2.23. The van der Waals surface area contributed by atoms with E-state index in [1.54, 1.807) is 23.8 Å². The van der Waals surface area contributed by atoms with Crippen molar-refractivity contribution in [3.05, 3.63) is 70.6 Å². The number of aromatic nitrogens is 2. The Labute approximate surface area is 185 Å². The molecule has 0 radical (unpaired) electrons. The van der Waals surface area contributed by atoms with Gasteiger partial charge in [0, 0.05) is 11.5 Å². The fourth-order valence-electron chi connectivity index (χ4n) is 4.33. The zero-order valence-electron chi connectivity index (χ0n) is 17.6. The minimum absolute atomic E-state index is 0.0464. The van der Waals surface area contributed by atoms with Gasteiger partial charge in [-0.2, -0.15) is 0 Å². The first kappa shape index (κ1) is 20.6. The van der Waals surface area contributed by atoms with Crippen LogP contribution in [0, 0.1) is 5.92 Å². The lowest BCUT2D eigenvalue weighted by Gasteiger charge is -2.31. The van der Waals surface area contributed by atoms with Crippen LogP contribution in [0.2, 0.25) is 0 Å². The third kappa shape index (κ3) is 3.62. The molecular formula is C23H23N3O5S. The van der Waals surface area contributed by atoms with E-state index in [9.17, 15) is 13.2 Å². The summed E-state index contributed by atoms with van der Waals surface area (Å²) >= 11 is 0. The van der Waals surface area contributed by atoms with Crippen LogP contribution in [0.1, 0.15) is 32.1 Å². The summed E-state index contributed by atoms with van der Waals surface area (Å²) in [4.78, 5) is 16.7. The van der Waals surface area contributed by atoms with Crippen molar-refractivity contribution in [2.45, 2.75) is 37.0 Å². The van der Waals surface area contributed by atoms with E-state index >= 15 is 0 Å². The number of rotatable bonds is 6. The van der Waals surface area contributed by atoms with Gasteiger partial charge >= 0.3 is 6.01 Å². The molecule has 2 aliphatic carbocycles. The van der Waals surface area contributed by atoms with Crippen LogP contribution in [-0.4, -0.2) is 25.1 Å². The third-order valence-electron chi connectivity index (χ3n) is 6.20. The van der Waals surface area contributed by atoms with Crippen molar-refractivity contribution in [2.24, 2.45) is 5.92 Å². The number of benzene rings is 1. The summed E-state index contributed by atoms with van der Waals surface area (Å²) < 4.78 is 40.0. The second-order valence-corrected chi connectivity index (χ2v) is 9.71. The van der Waals surface area contributed by atoms with E-state index in [1.807, 2.05) is 0 Å². The van der Waals surface area contributed by atoms with Gasteiger partial charge in [0.2, 0.25) is 0 Å². The molecule has 2 aromatic heterocycles. The molecule has 0 aliphatic heterocycles. The molecule has 166 valence electrons. The normalized spacial score (nSPS) is 17.2. The van der Waals surface area contributed by atoms with Crippen LogP contribution in [0.5, 0.6) is 0 Å². The smallest absolute Gasteiger partial charge is 0.308 e. The lowest BCUT2D eigenvalue weighted by molar-refractivity contribution is 0.297. The highest BCUT2D eigenvalue weighted by atomic mass is 32.2.